The van der Waals surface area contributed by atoms with Crippen LogP contribution < -0.4 is 10.1 Å². The molecule has 0 aliphatic carbocycles. The number of likely N-dealkylation sites (N-methyl/N-ethyl adjacent to an activating group) is 1. The molecule has 1 N–H and O–H groups in total. The first-order valence-electron chi connectivity index (χ1n) is 7.94. The molecule has 0 spiro atoms. The zero-order valence-electron chi connectivity index (χ0n) is 13.9. The van der Waals surface area contributed by atoms with Crippen LogP contribution in [0.4, 0.5) is 4.39 Å². The predicted octanol–water partition coefficient (Wildman–Crippen LogP) is 2.50. The fourth-order valence-corrected chi connectivity index (χ4v) is 2.32. The molecule has 130 valence electrons. The van der Waals surface area contributed by atoms with Crippen molar-refractivity contribution in [1.29, 1.82) is 0 Å². The molecule has 0 fully saturated rings. The van der Waals surface area contributed by atoms with Crippen molar-refractivity contribution >= 4 is 17.0 Å². The summed E-state index contributed by atoms with van der Waals surface area (Å²) in [6.07, 6.45) is 0.569. The van der Waals surface area contributed by atoms with Gasteiger partial charge in [-0.3, -0.25) is 4.79 Å². The SMILES string of the molecule is CCNC(=O)COc1nc(CC)nc2onc(-c3ccc(F)cc3)c12. The van der Waals surface area contributed by atoms with Crippen molar-refractivity contribution in [3.63, 3.8) is 0 Å². The van der Waals surface area contributed by atoms with E-state index in [0.717, 1.165) is 0 Å². The summed E-state index contributed by atoms with van der Waals surface area (Å²) in [7, 11) is 0. The zero-order valence-corrected chi connectivity index (χ0v) is 13.9. The van der Waals surface area contributed by atoms with Crippen LogP contribution in [0.25, 0.3) is 22.4 Å². The molecule has 0 saturated heterocycles. The molecule has 0 atom stereocenters. The van der Waals surface area contributed by atoms with Crippen molar-refractivity contribution in [3.8, 4) is 17.1 Å². The van der Waals surface area contributed by atoms with Crippen LogP contribution in [0.5, 0.6) is 5.88 Å². The fraction of sp³-hybridized carbons (Fsp3) is 0.294. The first-order chi connectivity index (χ1) is 12.1. The molecule has 25 heavy (non-hydrogen) atoms. The van der Waals surface area contributed by atoms with Crippen LogP contribution >= 0.6 is 0 Å². The smallest absolute Gasteiger partial charge is 0.265 e. The van der Waals surface area contributed by atoms with Gasteiger partial charge < -0.3 is 14.6 Å². The van der Waals surface area contributed by atoms with E-state index in [1.165, 1.54) is 12.1 Å². The molecular weight excluding hydrogens is 327 g/mol. The van der Waals surface area contributed by atoms with Gasteiger partial charge in [0.15, 0.2) is 6.61 Å². The van der Waals surface area contributed by atoms with Crippen molar-refractivity contribution in [1.82, 2.24) is 20.4 Å². The highest BCUT2D eigenvalue weighted by Gasteiger charge is 2.20. The molecule has 0 saturated carbocycles. The molecular formula is C17H17FN4O3. The maximum absolute atomic E-state index is 13.2. The Kier molecular flexibility index (Phi) is 4.87. The van der Waals surface area contributed by atoms with E-state index in [9.17, 15) is 9.18 Å². The Hall–Kier alpha value is -3.03. The second kappa shape index (κ2) is 7.25. The van der Waals surface area contributed by atoms with Gasteiger partial charge in [0, 0.05) is 18.5 Å². The lowest BCUT2D eigenvalue weighted by molar-refractivity contribution is -0.123. The maximum Gasteiger partial charge on any atom is 0.265 e. The Morgan fingerprint density at radius 2 is 2.00 bits per heavy atom. The third-order valence-electron chi connectivity index (χ3n) is 3.50. The topological polar surface area (TPSA) is 90.1 Å². The number of aromatic nitrogens is 3. The third kappa shape index (κ3) is 3.57. The molecule has 0 radical (unpaired) electrons. The van der Waals surface area contributed by atoms with E-state index < -0.39 is 0 Å². The number of amides is 1. The molecule has 3 rings (SSSR count). The molecule has 3 aromatic rings. The van der Waals surface area contributed by atoms with Crippen LogP contribution in [0.2, 0.25) is 0 Å². The Bertz CT molecular complexity index is 893. The second-order valence-electron chi connectivity index (χ2n) is 5.26. The summed E-state index contributed by atoms with van der Waals surface area (Å²) < 4.78 is 24.0. The highest BCUT2D eigenvalue weighted by atomic mass is 19.1. The number of ether oxygens (including phenoxy) is 1. The average Bonchev–Trinajstić information content (AvgIpc) is 3.04. The molecule has 7 nitrogen and oxygen atoms in total. The molecule has 8 heteroatoms. The quantitative estimate of drug-likeness (QED) is 0.739. The minimum absolute atomic E-state index is 0.183. The normalized spacial score (nSPS) is 10.8. The summed E-state index contributed by atoms with van der Waals surface area (Å²) in [5.74, 6) is 0.120. The second-order valence-corrected chi connectivity index (χ2v) is 5.26. The lowest BCUT2D eigenvalue weighted by Crippen LogP contribution is -2.28. The van der Waals surface area contributed by atoms with Crippen LogP contribution in [0.3, 0.4) is 0 Å². The van der Waals surface area contributed by atoms with E-state index in [-0.39, 0.29) is 29.9 Å². The molecule has 2 heterocycles. The van der Waals surface area contributed by atoms with Crippen LogP contribution in [0.15, 0.2) is 28.8 Å². The third-order valence-corrected chi connectivity index (χ3v) is 3.50. The van der Waals surface area contributed by atoms with E-state index in [1.54, 1.807) is 12.1 Å². The van der Waals surface area contributed by atoms with Gasteiger partial charge in [-0.1, -0.05) is 12.1 Å². The van der Waals surface area contributed by atoms with Crippen molar-refractivity contribution in [2.24, 2.45) is 0 Å². The van der Waals surface area contributed by atoms with E-state index in [1.807, 2.05) is 13.8 Å². The van der Waals surface area contributed by atoms with Crippen LogP contribution in [-0.4, -0.2) is 34.2 Å². The van der Waals surface area contributed by atoms with Gasteiger partial charge in [-0.05, 0) is 31.2 Å². The first kappa shape index (κ1) is 16.8. The molecule has 1 aromatic carbocycles. The Morgan fingerprint density at radius 1 is 1.24 bits per heavy atom. The largest absolute Gasteiger partial charge is 0.467 e. The zero-order chi connectivity index (χ0) is 17.8. The molecule has 0 unspecified atom stereocenters. The van der Waals surface area contributed by atoms with Gasteiger partial charge in [0.1, 0.15) is 22.7 Å². The van der Waals surface area contributed by atoms with Gasteiger partial charge in [-0.15, -0.1) is 0 Å². The van der Waals surface area contributed by atoms with E-state index in [2.05, 4.69) is 20.4 Å². The Labute approximate surface area is 143 Å². The Balaban J connectivity index is 2.04. The number of carbonyl (C=O) groups excluding carboxylic acids is 1. The monoisotopic (exact) mass is 344 g/mol. The average molecular weight is 344 g/mol. The number of nitrogens with one attached hydrogen (secondary N) is 1. The number of halogens is 1. The summed E-state index contributed by atoms with van der Waals surface area (Å²) in [6.45, 7) is 4.04. The lowest BCUT2D eigenvalue weighted by atomic mass is 10.1. The Morgan fingerprint density at radius 3 is 2.68 bits per heavy atom. The lowest BCUT2D eigenvalue weighted by Gasteiger charge is -2.08. The van der Waals surface area contributed by atoms with Crippen LogP contribution in [-0.2, 0) is 11.2 Å². The summed E-state index contributed by atoms with van der Waals surface area (Å²) in [5, 5.41) is 7.12. The first-order valence-corrected chi connectivity index (χ1v) is 7.94. The van der Waals surface area contributed by atoms with Gasteiger partial charge in [0.05, 0.1) is 0 Å². The van der Waals surface area contributed by atoms with E-state index >= 15 is 0 Å². The highest BCUT2D eigenvalue weighted by molar-refractivity contribution is 5.93. The van der Waals surface area contributed by atoms with Gasteiger partial charge in [-0.25, -0.2) is 4.39 Å². The molecule has 2 aromatic heterocycles. The summed E-state index contributed by atoms with van der Waals surface area (Å²) >= 11 is 0. The number of rotatable bonds is 6. The van der Waals surface area contributed by atoms with Gasteiger partial charge in [-0.2, -0.15) is 9.97 Å². The van der Waals surface area contributed by atoms with Crippen molar-refractivity contribution in [2.45, 2.75) is 20.3 Å². The van der Waals surface area contributed by atoms with Crippen molar-refractivity contribution in [2.75, 3.05) is 13.2 Å². The maximum atomic E-state index is 13.2. The fourth-order valence-electron chi connectivity index (χ4n) is 2.32. The van der Waals surface area contributed by atoms with Gasteiger partial charge in [0.2, 0.25) is 5.88 Å². The number of benzene rings is 1. The van der Waals surface area contributed by atoms with Gasteiger partial charge in [0.25, 0.3) is 11.6 Å². The van der Waals surface area contributed by atoms with Gasteiger partial charge >= 0.3 is 0 Å². The number of nitrogens with zero attached hydrogens (tertiary/aromatic N) is 3. The number of hydrogen-bond acceptors (Lipinski definition) is 6. The minimum atomic E-state index is -0.353. The van der Waals surface area contributed by atoms with Crippen LogP contribution in [0, 0.1) is 5.82 Å². The van der Waals surface area contributed by atoms with Crippen LogP contribution in [0.1, 0.15) is 19.7 Å². The number of fused-ring (bicyclic) bond motifs is 1. The molecule has 0 aliphatic rings. The summed E-state index contributed by atoms with van der Waals surface area (Å²) in [5.41, 5.74) is 1.33. The minimum Gasteiger partial charge on any atom is -0.467 e. The molecule has 0 aliphatic heterocycles. The summed E-state index contributed by atoms with van der Waals surface area (Å²) in [4.78, 5) is 20.3. The van der Waals surface area contributed by atoms with E-state index in [0.29, 0.717) is 35.4 Å². The summed E-state index contributed by atoms with van der Waals surface area (Å²) in [6, 6.07) is 5.81. The number of carbonyl (C=O) groups is 1. The van der Waals surface area contributed by atoms with Crippen molar-refractivity contribution in [3.05, 3.63) is 35.9 Å². The molecule has 1 amide bonds. The standard InChI is InChI=1S/C17H17FN4O3/c1-3-12-20-16(24-9-13(23)19-4-2)14-15(22-25-17(14)21-12)10-5-7-11(18)8-6-10/h5-8H,3-4,9H2,1-2H3,(H,19,23). The number of aryl methyl sites for hydroxylation is 1. The van der Waals surface area contributed by atoms with Crippen molar-refractivity contribution < 1.29 is 18.4 Å². The highest BCUT2D eigenvalue weighted by Crippen LogP contribution is 2.33. The van der Waals surface area contributed by atoms with E-state index in [4.69, 9.17) is 9.26 Å². The predicted molar refractivity (Wildman–Crippen MR) is 88.5 cm³/mol. The number of hydrogen-bond donors (Lipinski definition) is 1. The molecule has 0 bridgehead atoms.